The Hall–Kier alpha value is -2.47. The van der Waals surface area contributed by atoms with Gasteiger partial charge in [0.2, 0.25) is 5.91 Å². The maximum absolute atomic E-state index is 11.4. The number of carbonyl (C=O) groups excluding carboxylic acids is 1. The molecule has 1 N–H and O–H groups in total. The molecule has 0 unspecified atom stereocenters. The Morgan fingerprint density at radius 1 is 1.09 bits per heavy atom. The van der Waals surface area contributed by atoms with Gasteiger partial charge in [-0.15, -0.1) is 12.8 Å². The number of hydrogen-bond acceptors (Lipinski definition) is 4. The largest absolute Gasteiger partial charge is 0.313 e. The van der Waals surface area contributed by atoms with Crippen LogP contribution >= 0.6 is 0 Å². The van der Waals surface area contributed by atoms with Gasteiger partial charge in [-0.2, -0.15) is 10.5 Å². The first-order valence-corrected chi connectivity index (χ1v) is 7.39. The molecule has 5 nitrogen and oxygen atoms in total. The van der Waals surface area contributed by atoms with Crippen molar-refractivity contribution in [1.29, 1.82) is 10.5 Å². The summed E-state index contributed by atoms with van der Waals surface area (Å²) in [6.07, 6.45) is 14.1. The highest BCUT2D eigenvalue weighted by Crippen LogP contribution is 2.23. The molecule has 0 radical (unpaired) electrons. The average molecular weight is 296 g/mol. The summed E-state index contributed by atoms with van der Waals surface area (Å²) >= 11 is 0. The quantitative estimate of drug-likeness (QED) is 0.737. The first-order chi connectivity index (χ1) is 10.6. The number of terminal acetylenes is 2. The lowest BCUT2D eigenvalue weighted by atomic mass is 10.2. The lowest BCUT2D eigenvalue weighted by Crippen LogP contribution is -2.39. The summed E-state index contributed by atoms with van der Waals surface area (Å²) in [5, 5.41) is 20.2. The molecule has 2 aliphatic heterocycles. The zero-order valence-corrected chi connectivity index (χ0v) is 12.7. The highest BCUT2D eigenvalue weighted by atomic mass is 16.2. The van der Waals surface area contributed by atoms with Crippen molar-refractivity contribution >= 4 is 5.91 Å². The normalized spacial score (nSPS) is 29.2. The third-order valence-electron chi connectivity index (χ3n) is 3.82. The van der Waals surface area contributed by atoms with Gasteiger partial charge in [0, 0.05) is 6.42 Å². The van der Waals surface area contributed by atoms with E-state index in [-0.39, 0.29) is 30.1 Å². The minimum absolute atomic E-state index is 0.00829. The number of hydrogen-bond donors (Lipinski definition) is 1. The Bertz CT molecular complexity index is 515. The predicted molar refractivity (Wildman–Crippen MR) is 82.8 cm³/mol. The molecule has 5 heteroatoms. The number of nitrogens with zero attached hydrogens (tertiary/aromatic N) is 3. The molecule has 2 heterocycles. The Kier molecular flexibility index (Phi) is 6.98. The molecule has 2 aliphatic rings. The van der Waals surface area contributed by atoms with E-state index in [9.17, 15) is 4.79 Å². The Labute approximate surface area is 132 Å². The molecule has 0 aromatic rings. The van der Waals surface area contributed by atoms with Crippen molar-refractivity contribution in [3.05, 3.63) is 0 Å². The first kappa shape index (κ1) is 17.6. The van der Waals surface area contributed by atoms with Crippen molar-refractivity contribution in [2.24, 2.45) is 0 Å². The van der Waals surface area contributed by atoms with Gasteiger partial charge in [0.05, 0.1) is 30.3 Å². The Balaban J connectivity index is 0.000000235. The number of likely N-dealkylation sites (tertiary alicyclic amines) is 1. The molecule has 0 aromatic heterocycles. The zero-order chi connectivity index (χ0) is 16.5. The molecule has 0 spiro atoms. The maximum atomic E-state index is 11.4. The second-order valence-electron chi connectivity index (χ2n) is 5.20. The van der Waals surface area contributed by atoms with E-state index in [0.29, 0.717) is 12.8 Å². The third kappa shape index (κ3) is 4.26. The van der Waals surface area contributed by atoms with E-state index < -0.39 is 0 Å². The second-order valence-corrected chi connectivity index (χ2v) is 5.20. The van der Waals surface area contributed by atoms with Gasteiger partial charge in [-0.05, 0) is 25.7 Å². The molecule has 2 rings (SSSR count). The van der Waals surface area contributed by atoms with Crippen molar-refractivity contribution < 1.29 is 4.79 Å². The fourth-order valence-electron chi connectivity index (χ4n) is 2.61. The molecule has 0 aliphatic carbocycles. The SMILES string of the molecule is C#C[C@H]1CC[C@@H](C#N)N1.C#C[C@H]1CC[C@@H](C#N)N1C(=O)CC. The van der Waals surface area contributed by atoms with E-state index in [1.165, 1.54) is 0 Å². The van der Waals surface area contributed by atoms with Crippen LogP contribution in [0.2, 0.25) is 0 Å². The van der Waals surface area contributed by atoms with E-state index in [1.54, 1.807) is 11.8 Å². The summed E-state index contributed by atoms with van der Waals surface area (Å²) < 4.78 is 0. The van der Waals surface area contributed by atoms with Crippen molar-refractivity contribution in [3.8, 4) is 36.8 Å². The molecule has 0 saturated carbocycles. The van der Waals surface area contributed by atoms with Gasteiger partial charge in [0.1, 0.15) is 6.04 Å². The smallest absolute Gasteiger partial charge is 0.224 e. The summed E-state index contributed by atoms with van der Waals surface area (Å²) in [6.45, 7) is 1.78. The van der Waals surface area contributed by atoms with Crippen LogP contribution < -0.4 is 5.32 Å². The minimum Gasteiger partial charge on any atom is -0.313 e. The van der Waals surface area contributed by atoms with Crippen LogP contribution in [0.25, 0.3) is 0 Å². The molecule has 0 bridgehead atoms. The van der Waals surface area contributed by atoms with Gasteiger partial charge in [-0.3, -0.25) is 10.1 Å². The molecular formula is C17H20N4O. The van der Waals surface area contributed by atoms with Crippen molar-refractivity contribution in [1.82, 2.24) is 10.2 Å². The molecule has 0 aromatic carbocycles. The first-order valence-electron chi connectivity index (χ1n) is 7.39. The molecule has 2 fully saturated rings. The van der Waals surface area contributed by atoms with Gasteiger partial charge in [-0.1, -0.05) is 18.8 Å². The number of rotatable bonds is 1. The Morgan fingerprint density at radius 3 is 2.14 bits per heavy atom. The van der Waals surface area contributed by atoms with Gasteiger partial charge in [0.25, 0.3) is 0 Å². The van der Waals surface area contributed by atoms with Crippen LogP contribution in [0.5, 0.6) is 0 Å². The molecule has 4 atom stereocenters. The Morgan fingerprint density at radius 2 is 1.73 bits per heavy atom. The van der Waals surface area contributed by atoms with Gasteiger partial charge < -0.3 is 4.90 Å². The molecule has 22 heavy (non-hydrogen) atoms. The average Bonchev–Trinajstić information content (AvgIpc) is 3.20. The zero-order valence-electron chi connectivity index (χ0n) is 12.7. The van der Waals surface area contributed by atoms with Crippen molar-refractivity contribution in [3.63, 3.8) is 0 Å². The van der Waals surface area contributed by atoms with E-state index in [0.717, 1.165) is 19.3 Å². The van der Waals surface area contributed by atoms with Crippen LogP contribution in [0, 0.1) is 47.3 Å². The molecule has 2 saturated heterocycles. The van der Waals surface area contributed by atoms with Crippen LogP contribution in [0.3, 0.4) is 0 Å². The van der Waals surface area contributed by atoms with E-state index in [1.807, 2.05) is 0 Å². The summed E-state index contributed by atoms with van der Waals surface area (Å²) in [7, 11) is 0. The van der Waals surface area contributed by atoms with Crippen LogP contribution in [0.1, 0.15) is 39.0 Å². The predicted octanol–water partition coefficient (Wildman–Crippen LogP) is 1.18. The fraction of sp³-hybridized carbons (Fsp3) is 0.588. The fourth-order valence-corrected chi connectivity index (χ4v) is 2.61. The van der Waals surface area contributed by atoms with Crippen LogP contribution in [0.4, 0.5) is 0 Å². The van der Waals surface area contributed by atoms with Crippen LogP contribution in [-0.4, -0.2) is 35.0 Å². The lowest BCUT2D eigenvalue weighted by Gasteiger charge is -2.22. The standard InChI is InChI=1S/C10H12N2O.C7H8N2/c1-3-8-5-6-9(7-11)12(8)10(13)4-2;1-2-6-3-4-7(5-8)9-6/h1,8-9H,4-6H2,2H3;1,6-7,9H,3-4H2/t8-,9-;6-,7-/m00/s1. The number of carbonyl (C=O) groups is 1. The highest BCUT2D eigenvalue weighted by Gasteiger charge is 2.34. The molecule has 114 valence electrons. The summed E-state index contributed by atoms with van der Waals surface area (Å²) in [4.78, 5) is 13.0. The molecule has 1 amide bonds. The lowest BCUT2D eigenvalue weighted by molar-refractivity contribution is -0.131. The van der Waals surface area contributed by atoms with E-state index >= 15 is 0 Å². The summed E-state index contributed by atoms with van der Waals surface area (Å²) in [5.74, 6) is 5.09. The van der Waals surface area contributed by atoms with Gasteiger partial charge in [0.15, 0.2) is 0 Å². The third-order valence-corrected chi connectivity index (χ3v) is 3.82. The van der Waals surface area contributed by atoms with Gasteiger partial charge >= 0.3 is 0 Å². The summed E-state index contributed by atoms with van der Waals surface area (Å²) in [5.41, 5.74) is 0. The highest BCUT2D eigenvalue weighted by molar-refractivity contribution is 5.77. The van der Waals surface area contributed by atoms with E-state index in [2.05, 4.69) is 29.3 Å². The number of nitrogens with one attached hydrogen (secondary N) is 1. The summed E-state index contributed by atoms with van der Waals surface area (Å²) in [6, 6.07) is 3.87. The number of nitriles is 2. The monoisotopic (exact) mass is 296 g/mol. The number of amides is 1. The molecular weight excluding hydrogens is 276 g/mol. The van der Waals surface area contributed by atoms with Crippen LogP contribution in [-0.2, 0) is 4.79 Å². The topological polar surface area (TPSA) is 79.9 Å². The van der Waals surface area contributed by atoms with Crippen LogP contribution in [0.15, 0.2) is 0 Å². The second kappa shape index (κ2) is 8.74. The van der Waals surface area contributed by atoms with Crippen molar-refractivity contribution in [2.75, 3.05) is 0 Å². The van der Waals surface area contributed by atoms with Gasteiger partial charge in [-0.25, -0.2) is 0 Å². The van der Waals surface area contributed by atoms with E-state index in [4.69, 9.17) is 23.4 Å². The maximum Gasteiger partial charge on any atom is 0.224 e. The van der Waals surface area contributed by atoms with Crippen molar-refractivity contribution in [2.45, 2.75) is 63.2 Å². The minimum atomic E-state index is -0.312.